The molecule has 0 saturated carbocycles. The van der Waals surface area contributed by atoms with Crippen LogP contribution in [-0.4, -0.2) is 25.7 Å². The number of hydrogen-bond donors (Lipinski definition) is 1. The lowest BCUT2D eigenvalue weighted by atomic mass is 10.3. The zero-order valence-electron chi connectivity index (χ0n) is 8.01. The van der Waals surface area contributed by atoms with Gasteiger partial charge in [-0.25, -0.2) is 0 Å². The van der Waals surface area contributed by atoms with Gasteiger partial charge in [-0.2, -0.15) is 5.26 Å². The van der Waals surface area contributed by atoms with E-state index in [4.69, 9.17) is 10.00 Å². The number of nitriles is 1. The molecule has 0 saturated heterocycles. The molecule has 4 nitrogen and oxygen atoms in total. The Bertz CT molecular complexity index is 175. The number of hydrogen-bond acceptors (Lipinski definition) is 4. The number of unbranched alkanes of at least 4 members (excludes halogenated alkanes) is 1. The van der Waals surface area contributed by atoms with Crippen molar-refractivity contribution in [2.75, 3.05) is 19.7 Å². The topological polar surface area (TPSA) is 62.1 Å². The molecular weight excluding hydrogens is 168 g/mol. The van der Waals surface area contributed by atoms with Crippen molar-refractivity contribution in [1.82, 2.24) is 5.32 Å². The van der Waals surface area contributed by atoms with Crippen molar-refractivity contribution in [1.29, 1.82) is 5.26 Å². The lowest BCUT2D eigenvalue weighted by molar-refractivity contribution is -0.142. The van der Waals surface area contributed by atoms with E-state index in [1.807, 2.05) is 0 Å². The van der Waals surface area contributed by atoms with Crippen LogP contribution in [0.1, 0.15) is 26.2 Å². The van der Waals surface area contributed by atoms with E-state index < -0.39 is 0 Å². The SMILES string of the molecule is CCOC(=O)CCNCCCC#N. The van der Waals surface area contributed by atoms with E-state index in [0.29, 0.717) is 26.0 Å². The fourth-order valence-electron chi connectivity index (χ4n) is 0.841. The zero-order valence-corrected chi connectivity index (χ0v) is 8.01. The molecule has 4 heteroatoms. The van der Waals surface area contributed by atoms with Crippen molar-refractivity contribution in [3.63, 3.8) is 0 Å². The van der Waals surface area contributed by atoms with Crippen molar-refractivity contribution >= 4 is 5.97 Å². The van der Waals surface area contributed by atoms with Gasteiger partial charge in [0.25, 0.3) is 0 Å². The van der Waals surface area contributed by atoms with Crippen LogP contribution in [0.2, 0.25) is 0 Å². The van der Waals surface area contributed by atoms with Gasteiger partial charge >= 0.3 is 5.97 Å². The molecule has 0 aromatic carbocycles. The third-order valence-corrected chi connectivity index (χ3v) is 1.45. The standard InChI is InChI=1S/C9H16N2O2/c1-2-13-9(12)5-8-11-7-4-3-6-10/h11H,2-5,7-8H2,1H3. The number of nitrogens with one attached hydrogen (secondary N) is 1. The molecule has 0 radical (unpaired) electrons. The smallest absolute Gasteiger partial charge is 0.307 e. The number of carbonyl (C=O) groups excluding carboxylic acids is 1. The first-order valence-electron chi connectivity index (χ1n) is 4.54. The molecule has 0 aromatic rings. The highest BCUT2D eigenvalue weighted by Crippen LogP contribution is 1.86. The molecule has 0 heterocycles. The normalized spacial score (nSPS) is 9.23. The van der Waals surface area contributed by atoms with E-state index in [9.17, 15) is 4.79 Å². The summed E-state index contributed by atoms with van der Waals surface area (Å²) in [7, 11) is 0. The van der Waals surface area contributed by atoms with E-state index in [-0.39, 0.29) is 5.97 Å². The summed E-state index contributed by atoms with van der Waals surface area (Å²) in [5.41, 5.74) is 0. The first-order valence-corrected chi connectivity index (χ1v) is 4.54. The molecule has 1 N–H and O–H groups in total. The quantitative estimate of drug-likeness (QED) is 0.470. The van der Waals surface area contributed by atoms with Crippen LogP contribution in [0.15, 0.2) is 0 Å². The molecule has 0 bridgehead atoms. The van der Waals surface area contributed by atoms with Gasteiger partial charge in [0.1, 0.15) is 0 Å². The molecule has 0 atom stereocenters. The van der Waals surface area contributed by atoms with Crippen LogP contribution in [0.4, 0.5) is 0 Å². The maximum Gasteiger partial charge on any atom is 0.307 e. The minimum absolute atomic E-state index is 0.171. The Morgan fingerprint density at radius 3 is 2.92 bits per heavy atom. The van der Waals surface area contributed by atoms with Gasteiger partial charge in [0.2, 0.25) is 0 Å². The Kier molecular flexibility index (Phi) is 8.26. The summed E-state index contributed by atoms with van der Waals surface area (Å²) >= 11 is 0. The molecule has 0 aliphatic carbocycles. The fourth-order valence-corrected chi connectivity index (χ4v) is 0.841. The average molecular weight is 184 g/mol. The maximum absolute atomic E-state index is 10.8. The molecule has 0 rings (SSSR count). The summed E-state index contributed by atoms with van der Waals surface area (Å²) in [4.78, 5) is 10.8. The van der Waals surface area contributed by atoms with Crippen LogP contribution < -0.4 is 5.32 Å². The number of carbonyl (C=O) groups is 1. The molecule has 74 valence electrons. The van der Waals surface area contributed by atoms with Crippen molar-refractivity contribution in [3.05, 3.63) is 0 Å². The highest BCUT2D eigenvalue weighted by atomic mass is 16.5. The second-order valence-electron chi connectivity index (χ2n) is 2.57. The lowest BCUT2D eigenvalue weighted by Crippen LogP contribution is -2.20. The van der Waals surface area contributed by atoms with Crippen LogP contribution in [0.5, 0.6) is 0 Å². The van der Waals surface area contributed by atoms with E-state index in [1.165, 1.54) is 0 Å². The second-order valence-corrected chi connectivity index (χ2v) is 2.57. The Balaban J connectivity index is 3.07. The van der Waals surface area contributed by atoms with Crippen molar-refractivity contribution in [2.45, 2.75) is 26.2 Å². The highest BCUT2D eigenvalue weighted by Gasteiger charge is 1.99. The molecule has 0 spiro atoms. The van der Waals surface area contributed by atoms with Gasteiger partial charge in [0.05, 0.1) is 19.1 Å². The molecule has 13 heavy (non-hydrogen) atoms. The molecule has 0 aromatic heterocycles. The lowest BCUT2D eigenvalue weighted by Gasteiger charge is -2.02. The van der Waals surface area contributed by atoms with Gasteiger partial charge in [-0.3, -0.25) is 4.79 Å². The van der Waals surface area contributed by atoms with Crippen molar-refractivity contribution in [3.8, 4) is 6.07 Å². The summed E-state index contributed by atoms with van der Waals surface area (Å²) in [6, 6.07) is 2.06. The molecular formula is C9H16N2O2. The Morgan fingerprint density at radius 2 is 2.31 bits per heavy atom. The highest BCUT2D eigenvalue weighted by molar-refractivity contribution is 5.69. The van der Waals surface area contributed by atoms with E-state index in [2.05, 4.69) is 11.4 Å². The monoisotopic (exact) mass is 184 g/mol. The summed E-state index contributed by atoms with van der Waals surface area (Å²) in [5, 5.41) is 11.3. The zero-order chi connectivity index (χ0) is 9.94. The molecule has 0 fully saturated rings. The van der Waals surface area contributed by atoms with Gasteiger partial charge in [-0.05, 0) is 19.9 Å². The Labute approximate surface area is 78.9 Å². The maximum atomic E-state index is 10.8. The third kappa shape index (κ3) is 8.83. The van der Waals surface area contributed by atoms with Gasteiger partial charge < -0.3 is 10.1 Å². The summed E-state index contributed by atoms with van der Waals surface area (Å²) in [5.74, 6) is -0.171. The van der Waals surface area contributed by atoms with E-state index >= 15 is 0 Å². The molecule has 0 aliphatic rings. The summed E-state index contributed by atoms with van der Waals surface area (Å²) in [6.45, 7) is 3.64. The molecule has 0 unspecified atom stereocenters. The van der Waals surface area contributed by atoms with Gasteiger partial charge in [0, 0.05) is 13.0 Å². The number of nitrogens with zero attached hydrogens (tertiary/aromatic N) is 1. The average Bonchev–Trinajstić information content (AvgIpc) is 2.11. The predicted octanol–water partition coefficient (Wildman–Crippen LogP) is 0.833. The van der Waals surface area contributed by atoms with E-state index in [1.54, 1.807) is 6.92 Å². The third-order valence-electron chi connectivity index (χ3n) is 1.45. The van der Waals surface area contributed by atoms with Crippen LogP contribution in [0.3, 0.4) is 0 Å². The second kappa shape index (κ2) is 9.01. The fraction of sp³-hybridized carbons (Fsp3) is 0.778. The number of rotatable bonds is 7. The van der Waals surface area contributed by atoms with Gasteiger partial charge in [0.15, 0.2) is 0 Å². The summed E-state index contributed by atoms with van der Waals surface area (Å²) < 4.78 is 4.74. The Morgan fingerprint density at radius 1 is 1.54 bits per heavy atom. The minimum atomic E-state index is -0.171. The van der Waals surface area contributed by atoms with Crippen LogP contribution in [-0.2, 0) is 9.53 Å². The molecule has 0 aliphatic heterocycles. The van der Waals surface area contributed by atoms with Gasteiger partial charge in [-0.15, -0.1) is 0 Å². The van der Waals surface area contributed by atoms with Crippen LogP contribution >= 0.6 is 0 Å². The largest absolute Gasteiger partial charge is 0.466 e. The van der Waals surface area contributed by atoms with Crippen LogP contribution in [0, 0.1) is 11.3 Å². The summed E-state index contributed by atoms with van der Waals surface area (Å²) in [6.07, 6.45) is 1.80. The molecule has 0 amide bonds. The predicted molar refractivity (Wildman–Crippen MR) is 49.0 cm³/mol. The Hall–Kier alpha value is -1.08. The van der Waals surface area contributed by atoms with Crippen molar-refractivity contribution < 1.29 is 9.53 Å². The number of ether oxygens (including phenoxy) is 1. The van der Waals surface area contributed by atoms with Crippen LogP contribution in [0.25, 0.3) is 0 Å². The van der Waals surface area contributed by atoms with Gasteiger partial charge in [-0.1, -0.05) is 0 Å². The minimum Gasteiger partial charge on any atom is -0.466 e. The van der Waals surface area contributed by atoms with E-state index in [0.717, 1.165) is 13.0 Å². The first-order chi connectivity index (χ1) is 6.31. The van der Waals surface area contributed by atoms with Crippen molar-refractivity contribution in [2.24, 2.45) is 0 Å². The number of esters is 1. The first kappa shape index (κ1) is 11.9.